The lowest BCUT2D eigenvalue weighted by Gasteiger charge is -2.06. The molecule has 7 nitrogen and oxygen atoms in total. The van der Waals surface area contributed by atoms with Gasteiger partial charge in [0.25, 0.3) is 10.1 Å². The number of Topliss-reactive ketones (excluding diaryl/α,β-unsaturated/α-hetero) is 1. The summed E-state index contributed by atoms with van der Waals surface area (Å²) < 4.78 is 30.5. The minimum atomic E-state index is -4.24. The minimum absolute atomic E-state index is 0.114. The Morgan fingerprint density at radius 1 is 1.10 bits per heavy atom. The van der Waals surface area contributed by atoms with Gasteiger partial charge in [0, 0.05) is 0 Å². The fourth-order valence-corrected chi connectivity index (χ4v) is 1.98. The minimum Gasteiger partial charge on any atom is -0.294 e. The monoisotopic (exact) mass is 294 g/mol. The van der Waals surface area contributed by atoms with Crippen molar-refractivity contribution in [2.45, 2.75) is 11.3 Å². The van der Waals surface area contributed by atoms with Gasteiger partial charge in [0.15, 0.2) is 11.6 Å². The molecule has 0 unspecified atom stereocenters. The van der Waals surface area contributed by atoms with E-state index in [0.717, 1.165) is 0 Å². The normalized spacial score (nSPS) is 17.6. The van der Waals surface area contributed by atoms with E-state index >= 15 is 0 Å². The van der Waals surface area contributed by atoms with Crippen LogP contribution in [-0.2, 0) is 19.7 Å². The van der Waals surface area contributed by atoms with Gasteiger partial charge in [-0.25, -0.2) is 0 Å². The van der Waals surface area contributed by atoms with Crippen LogP contribution in [0.1, 0.15) is 6.42 Å². The van der Waals surface area contributed by atoms with Crippen molar-refractivity contribution < 1.29 is 22.6 Å². The van der Waals surface area contributed by atoms with Crippen molar-refractivity contribution >= 4 is 33.1 Å². The average Bonchev–Trinajstić information content (AvgIpc) is 2.37. The molecule has 1 aliphatic carbocycles. The Balaban J connectivity index is 2.14. The summed E-state index contributed by atoms with van der Waals surface area (Å²) in [5, 5.41) is 3.83. The number of carbonyl (C=O) groups is 2. The van der Waals surface area contributed by atoms with Gasteiger partial charge in [-0.15, -0.1) is 0 Å². The first-order valence-corrected chi connectivity index (χ1v) is 6.95. The summed E-state index contributed by atoms with van der Waals surface area (Å²) in [6.45, 7) is 0. The molecule has 8 heteroatoms. The predicted octanol–water partition coefficient (Wildman–Crippen LogP) is 0.799. The van der Waals surface area contributed by atoms with Crippen molar-refractivity contribution in [3.8, 4) is 0 Å². The maximum absolute atomic E-state index is 11.5. The molecular weight excluding hydrogens is 284 g/mol. The van der Waals surface area contributed by atoms with Gasteiger partial charge >= 0.3 is 0 Å². The van der Waals surface area contributed by atoms with Crippen molar-refractivity contribution in [3.63, 3.8) is 0 Å². The molecule has 20 heavy (non-hydrogen) atoms. The molecule has 104 valence electrons. The largest absolute Gasteiger partial charge is 0.294 e. The van der Waals surface area contributed by atoms with Crippen LogP contribution in [0.15, 0.2) is 46.4 Å². The van der Waals surface area contributed by atoms with Crippen LogP contribution in [0.5, 0.6) is 0 Å². The van der Waals surface area contributed by atoms with Crippen LogP contribution in [0.3, 0.4) is 0 Å². The summed E-state index contributed by atoms with van der Waals surface area (Å²) in [5.74, 6) is -0.661. The molecule has 0 atom stereocenters. The Bertz CT molecular complexity index is 717. The molecule has 0 bridgehead atoms. The number of nitrogens with zero attached hydrogens (tertiary/aromatic N) is 1. The molecule has 0 spiro atoms. The third-order valence-corrected chi connectivity index (χ3v) is 3.37. The van der Waals surface area contributed by atoms with E-state index in [9.17, 15) is 18.0 Å². The van der Waals surface area contributed by atoms with Crippen molar-refractivity contribution in [1.82, 2.24) is 0 Å². The van der Waals surface area contributed by atoms with Gasteiger partial charge < -0.3 is 0 Å². The van der Waals surface area contributed by atoms with Crippen LogP contribution in [0.4, 0.5) is 5.69 Å². The van der Waals surface area contributed by atoms with Crippen LogP contribution >= 0.6 is 0 Å². The van der Waals surface area contributed by atoms with Crippen LogP contribution in [0.2, 0.25) is 0 Å². The highest BCUT2D eigenvalue weighted by Gasteiger charge is 2.17. The summed E-state index contributed by atoms with van der Waals surface area (Å²) in [7, 11) is -4.24. The third-order valence-electron chi connectivity index (χ3n) is 2.51. The quantitative estimate of drug-likeness (QED) is 0.484. The van der Waals surface area contributed by atoms with E-state index < -0.39 is 10.1 Å². The molecule has 0 heterocycles. The predicted molar refractivity (Wildman–Crippen MR) is 71.1 cm³/mol. The van der Waals surface area contributed by atoms with Gasteiger partial charge in [0.1, 0.15) is 5.71 Å². The molecule has 1 aromatic rings. The van der Waals surface area contributed by atoms with Gasteiger partial charge in [0.05, 0.1) is 17.0 Å². The molecule has 0 amide bonds. The molecule has 1 aromatic carbocycles. The van der Waals surface area contributed by atoms with Gasteiger partial charge in [0.2, 0.25) is 0 Å². The number of allylic oxidation sites excluding steroid dienone is 2. The van der Waals surface area contributed by atoms with E-state index in [-0.39, 0.29) is 28.6 Å². The van der Waals surface area contributed by atoms with E-state index in [1.807, 2.05) is 0 Å². The SMILES string of the molecule is O=C1C=C/C(=N/Nc2ccc(S(=O)(=O)O)cc2)C(=O)C1. The Labute approximate surface area is 114 Å². The van der Waals surface area contributed by atoms with Gasteiger partial charge in [-0.2, -0.15) is 13.5 Å². The fraction of sp³-hybridized carbons (Fsp3) is 0.0833. The van der Waals surface area contributed by atoms with E-state index in [4.69, 9.17) is 4.55 Å². The smallest absolute Gasteiger partial charge is 0.294 e. The number of rotatable bonds is 3. The molecule has 2 N–H and O–H groups in total. The summed E-state index contributed by atoms with van der Waals surface area (Å²) in [6, 6.07) is 5.16. The highest BCUT2D eigenvalue weighted by atomic mass is 32.2. The third kappa shape index (κ3) is 3.37. The molecule has 0 fully saturated rings. The zero-order valence-electron chi connectivity index (χ0n) is 10.1. The summed E-state index contributed by atoms with van der Waals surface area (Å²) in [5.41, 5.74) is 3.11. The van der Waals surface area contributed by atoms with E-state index in [1.54, 1.807) is 0 Å². The maximum atomic E-state index is 11.5. The Kier molecular flexibility index (Phi) is 3.77. The lowest BCUT2D eigenvalue weighted by atomic mass is 10.0. The zero-order valence-corrected chi connectivity index (χ0v) is 10.9. The van der Waals surface area contributed by atoms with Crippen LogP contribution in [0.25, 0.3) is 0 Å². The van der Waals surface area contributed by atoms with Gasteiger partial charge in [-0.1, -0.05) is 0 Å². The van der Waals surface area contributed by atoms with Gasteiger partial charge in [-0.05, 0) is 36.4 Å². The highest BCUT2D eigenvalue weighted by Crippen LogP contribution is 2.14. The molecule has 0 radical (unpaired) electrons. The van der Waals surface area contributed by atoms with Crippen molar-refractivity contribution in [1.29, 1.82) is 0 Å². The Morgan fingerprint density at radius 3 is 2.30 bits per heavy atom. The number of hydrazone groups is 1. The van der Waals surface area contributed by atoms with E-state index in [0.29, 0.717) is 5.69 Å². The number of anilines is 1. The maximum Gasteiger partial charge on any atom is 0.294 e. The fourth-order valence-electron chi connectivity index (χ4n) is 1.50. The number of carbonyl (C=O) groups excluding carboxylic acids is 2. The number of benzene rings is 1. The number of hydrogen-bond acceptors (Lipinski definition) is 6. The molecule has 0 saturated heterocycles. The Hall–Kier alpha value is -2.32. The van der Waals surface area contributed by atoms with Crippen molar-refractivity contribution in [2.75, 3.05) is 5.43 Å². The van der Waals surface area contributed by atoms with Crippen LogP contribution in [-0.4, -0.2) is 30.2 Å². The lowest BCUT2D eigenvalue weighted by Crippen LogP contribution is -2.21. The van der Waals surface area contributed by atoms with E-state index in [2.05, 4.69) is 10.5 Å². The molecular formula is C12H10N2O5S. The summed E-state index contributed by atoms with van der Waals surface area (Å²) in [4.78, 5) is 22.2. The van der Waals surface area contributed by atoms with Crippen molar-refractivity contribution in [2.24, 2.45) is 5.10 Å². The number of hydrogen-bond donors (Lipinski definition) is 2. The second-order valence-corrected chi connectivity index (χ2v) is 5.43. The topological polar surface area (TPSA) is 113 Å². The molecule has 0 saturated carbocycles. The zero-order chi connectivity index (χ0) is 14.8. The molecule has 0 aliphatic heterocycles. The molecule has 0 aromatic heterocycles. The number of nitrogens with one attached hydrogen (secondary N) is 1. The first-order valence-electron chi connectivity index (χ1n) is 5.51. The molecule has 2 rings (SSSR count). The van der Waals surface area contributed by atoms with Crippen LogP contribution in [0, 0.1) is 0 Å². The van der Waals surface area contributed by atoms with Gasteiger partial charge in [-0.3, -0.25) is 19.6 Å². The molecule has 1 aliphatic rings. The first kappa shape index (κ1) is 14.1. The van der Waals surface area contributed by atoms with Crippen molar-refractivity contribution in [3.05, 3.63) is 36.4 Å². The summed E-state index contributed by atoms with van der Waals surface area (Å²) >= 11 is 0. The highest BCUT2D eigenvalue weighted by molar-refractivity contribution is 7.85. The number of ketones is 2. The average molecular weight is 294 g/mol. The summed E-state index contributed by atoms with van der Waals surface area (Å²) in [6.07, 6.45) is 2.37. The second-order valence-electron chi connectivity index (χ2n) is 4.01. The van der Waals surface area contributed by atoms with Crippen LogP contribution < -0.4 is 5.43 Å². The Morgan fingerprint density at radius 2 is 1.75 bits per heavy atom. The first-order chi connectivity index (χ1) is 9.36. The standard InChI is InChI=1S/C12H10N2O5S/c15-9-3-6-11(12(16)7-9)14-13-8-1-4-10(5-2-8)20(17,18)19/h1-6,13H,7H2,(H,17,18,19)/b14-11-. The second kappa shape index (κ2) is 5.35. The van der Waals surface area contributed by atoms with E-state index in [1.165, 1.54) is 36.4 Å². The lowest BCUT2D eigenvalue weighted by molar-refractivity contribution is -0.121.